The van der Waals surface area contributed by atoms with Gasteiger partial charge in [0.15, 0.2) is 5.78 Å². The molecule has 1 fully saturated rings. The number of carbonyl (C=O) groups is 1. The van der Waals surface area contributed by atoms with E-state index in [-0.39, 0.29) is 5.78 Å². The lowest BCUT2D eigenvalue weighted by atomic mass is 9.98. The van der Waals surface area contributed by atoms with E-state index in [0.717, 1.165) is 24.4 Å². The molecule has 0 atom stereocenters. The summed E-state index contributed by atoms with van der Waals surface area (Å²) >= 11 is 0. The summed E-state index contributed by atoms with van der Waals surface area (Å²) in [6.45, 7) is 3.15. The monoisotopic (exact) mass is 261 g/mol. The van der Waals surface area contributed by atoms with Crippen LogP contribution in [0.5, 0.6) is 0 Å². The molecule has 3 nitrogen and oxygen atoms in total. The van der Waals surface area contributed by atoms with Crippen molar-refractivity contribution in [3.63, 3.8) is 0 Å². The topological polar surface area (TPSA) is 38.3 Å². The van der Waals surface area contributed by atoms with Crippen LogP contribution < -0.4 is 5.32 Å². The smallest absolute Gasteiger partial charge is 0.159 e. The third-order valence-corrected chi connectivity index (χ3v) is 3.63. The third-order valence-electron chi connectivity index (χ3n) is 3.63. The van der Waals surface area contributed by atoms with Crippen molar-refractivity contribution in [1.29, 1.82) is 0 Å². The Morgan fingerprint density at radius 2 is 1.89 bits per heavy atom. The quantitative estimate of drug-likeness (QED) is 0.627. The van der Waals surface area contributed by atoms with E-state index in [1.54, 1.807) is 6.92 Å². The molecule has 2 rings (SSSR count). The molecule has 0 aliphatic heterocycles. The third kappa shape index (κ3) is 4.67. The highest BCUT2D eigenvalue weighted by Gasteiger charge is 2.12. The highest BCUT2D eigenvalue weighted by atomic mass is 16.5. The Labute approximate surface area is 115 Å². The number of benzene rings is 1. The van der Waals surface area contributed by atoms with Gasteiger partial charge in [-0.25, -0.2) is 0 Å². The second-order valence-electron chi connectivity index (χ2n) is 5.19. The lowest BCUT2D eigenvalue weighted by Crippen LogP contribution is -2.20. The number of hydrogen-bond acceptors (Lipinski definition) is 3. The molecule has 1 saturated carbocycles. The number of nitrogens with one attached hydrogen (secondary N) is 1. The summed E-state index contributed by atoms with van der Waals surface area (Å²) in [5.74, 6) is 0.104. The zero-order chi connectivity index (χ0) is 13.5. The fraction of sp³-hybridized carbons (Fsp3) is 0.562. The number of anilines is 1. The van der Waals surface area contributed by atoms with Crippen molar-refractivity contribution in [3.8, 4) is 0 Å². The zero-order valence-corrected chi connectivity index (χ0v) is 11.7. The van der Waals surface area contributed by atoms with Crippen LogP contribution in [0.25, 0.3) is 0 Å². The van der Waals surface area contributed by atoms with Crippen LogP contribution in [0.4, 0.5) is 5.69 Å². The van der Waals surface area contributed by atoms with Crippen LogP contribution in [0.2, 0.25) is 0 Å². The second-order valence-corrected chi connectivity index (χ2v) is 5.19. The Balaban J connectivity index is 1.66. The fourth-order valence-electron chi connectivity index (χ4n) is 2.48. The van der Waals surface area contributed by atoms with Gasteiger partial charge in [0.1, 0.15) is 0 Å². The molecule has 1 aliphatic carbocycles. The van der Waals surface area contributed by atoms with Gasteiger partial charge < -0.3 is 10.1 Å². The van der Waals surface area contributed by atoms with Gasteiger partial charge in [-0.3, -0.25) is 4.79 Å². The molecule has 0 unspecified atom stereocenters. The number of ketones is 1. The summed E-state index contributed by atoms with van der Waals surface area (Å²) in [7, 11) is 0. The normalized spacial score (nSPS) is 16.3. The predicted molar refractivity (Wildman–Crippen MR) is 77.8 cm³/mol. The molecule has 1 N–H and O–H groups in total. The van der Waals surface area contributed by atoms with E-state index in [4.69, 9.17) is 4.74 Å². The van der Waals surface area contributed by atoms with E-state index in [9.17, 15) is 4.79 Å². The van der Waals surface area contributed by atoms with Gasteiger partial charge >= 0.3 is 0 Å². The van der Waals surface area contributed by atoms with Gasteiger partial charge in [-0.15, -0.1) is 0 Å². The van der Waals surface area contributed by atoms with Gasteiger partial charge in [-0.05, 0) is 44.0 Å². The van der Waals surface area contributed by atoms with Crippen LogP contribution in [0, 0.1) is 0 Å². The maximum Gasteiger partial charge on any atom is 0.159 e. The van der Waals surface area contributed by atoms with E-state index >= 15 is 0 Å². The van der Waals surface area contributed by atoms with Gasteiger partial charge in [0.25, 0.3) is 0 Å². The largest absolute Gasteiger partial charge is 0.383 e. The molecular formula is C16H23NO2. The van der Waals surface area contributed by atoms with Crippen LogP contribution in [-0.4, -0.2) is 25.0 Å². The molecule has 1 aromatic rings. The van der Waals surface area contributed by atoms with Crippen molar-refractivity contribution in [3.05, 3.63) is 29.8 Å². The van der Waals surface area contributed by atoms with E-state index < -0.39 is 0 Å². The lowest BCUT2D eigenvalue weighted by molar-refractivity contribution is 0.0347. The van der Waals surface area contributed by atoms with E-state index in [2.05, 4.69) is 5.32 Å². The van der Waals surface area contributed by atoms with Gasteiger partial charge in [0, 0.05) is 17.8 Å². The van der Waals surface area contributed by atoms with Gasteiger partial charge in [-0.1, -0.05) is 19.3 Å². The first-order valence-corrected chi connectivity index (χ1v) is 7.22. The maximum absolute atomic E-state index is 11.2. The number of Topliss-reactive ketones (excluding diaryl/α,β-unsaturated/α-hetero) is 1. The van der Waals surface area contributed by atoms with Gasteiger partial charge in [-0.2, -0.15) is 0 Å². The molecule has 0 spiro atoms. The van der Waals surface area contributed by atoms with Crippen molar-refractivity contribution in [2.45, 2.75) is 45.1 Å². The molecule has 1 aliphatic rings. The van der Waals surface area contributed by atoms with Crippen molar-refractivity contribution in [2.75, 3.05) is 18.5 Å². The highest BCUT2D eigenvalue weighted by molar-refractivity contribution is 5.94. The number of ether oxygens (including phenoxy) is 1. The molecule has 0 amide bonds. The van der Waals surface area contributed by atoms with E-state index in [1.165, 1.54) is 32.1 Å². The maximum atomic E-state index is 11.2. The number of hydrogen-bond donors (Lipinski definition) is 1. The SMILES string of the molecule is CC(=O)c1ccc(NCCOC2CCCCC2)cc1. The van der Waals surface area contributed by atoms with Gasteiger partial charge in [0.2, 0.25) is 0 Å². The Bertz CT molecular complexity index is 394. The Hall–Kier alpha value is -1.35. The van der Waals surface area contributed by atoms with Gasteiger partial charge in [0.05, 0.1) is 12.7 Å². The van der Waals surface area contributed by atoms with Crippen molar-refractivity contribution in [1.82, 2.24) is 0 Å². The molecule has 104 valence electrons. The minimum atomic E-state index is 0.104. The first-order valence-electron chi connectivity index (χ1n) is 7.22. The average Bonchev–Trinajstić information content (AvgIpc) is 2.45. The fourth-order valence-corrected chi connectivity index (χ4v) is 2.48. The molecule has 0 radical (unpaired) electrons. The summed E-state index contributed by atoms with van der Waals surface area (Å²) in [5.41, 5.74) is 1.79. The molecule has 1 aromatic carbocycles. The lowest BCUT2D eigenvalue weighted by Gasteiger charge is -2.22. The van der Waals surface area contributed by atoms with Crippen molar-refractivity contribution < 1.29 is 9.53 Å². The molecule has 3 heteroatoms. The predicted octanol–water partition coefficient (Wildman–Crippen LogP) is 3.65. The molecular weight excluding hydrogens is 238 g/mol. The first-order chi connectivity index (χ1) is 9.25. The first kappa shape index (κ1) is 14.1. The van der Waals surface area contributed by atoms with E-state index in [0.29, 0.717) is 6.10 Å². The Morgan fingerprint density at radius 1 is 1.21 bits per heavy atom. The standard InChI is InChI=1S/C16H23NO2/c1-13(18)14-7-9-15(10-8-14)17-11-12-19-16-5-3-2-4-6-16/h7-10,16-17H,2-6,11-12H2,1H3. The average molecular weight is 261 g/mol. The van der Waals surface area contributed by atoms with Crippen molar-refractivity contribution in [2.24, 2.45) is 0 Å². The van der Waals surface area contributed by atoms with Crippen LogP contribution in [0.15, 0.2) is 24.3 Å². The summed E-state index contributed by atoms with van der Waals surface area (Å²) in [6, 6.07) is 7.59. The van der Waals surface area contributed by atoms with Crippen LogP contribution in [-0.2, 0) is 4.74 Å². The molecule has 0 saturated heterocycles. The van der Waals surface area contributed by atoms with Crippen LogP contribution in [0.1, 0.15) is 49.4 Å². The summed E-state index contributed by atoms with van der Waals surface area (Å²) in [6.07, 6.45) is 6.88. The second kappa shape index (κ2) is 7.29. The Morgan fingerprint density at radius 3 is 2.53 bits per heavy atom. The molecule has 19 heavy (non-hydrogen) atoms. The van der Waals surface area contributed by atoms with Crippen LogP contribution >= 0.6 is 0 Å². The minimum Gasteiger partial charge on any atom is -0.383 e. The summed E-state index contributed by atoms with van der Waals surface area (Å²) < 4.78 is 5.85. The molecule has 0 aromatic heterocycles. The molecule has 0 bridgehead atoms. The van der Waals surface area contributed by atoms with Crippen molar-refractivity contribution >= 4 is 11.5 Å². The number of carbonyl (C=O) groups excluding carboxylic acids is 1. The number of rotatable bonds is 6. The summed E-state index contributed by atoms with van der Waals surface area (Å²) in [4.78, 5) is 11.2. The zero-order valence-electron chi connectivity index (χ0n) is 11.7. The molecule has 0 heterocycles. The minimum absolute atomic E-state index is 0.104. The van der Waals surface area contributed by atoms with Crippen LogP contribution in [0.3, 0.4) is 0 Å². The highest BCUT2D eigenvalue weighted by Crippen LogP contribution is 2.20. The summed E-state index contributed by atoms with van der Waals surface area (Å²) in [5, 5.41) is 3.31. The Kier molecular flexibility index (Phi) is 5.40. The van der Waals surface area contributed by atoms with E-state index in [1.807, 2.05) is 24.3 Å².